The number of benzene rings is 2. The number of carbonyl (C=O) groups excluding carboxylic acids is 1. The third-order valence-electron chi connectivity index (χ3n) is 5.54. The van der Waals surface area contributed by atoms with Crippen LogP contribution >= 0.6 is 0 Å². The topological polar surface area (TPSA) is 66.5 Å². The fraction of sp³-hybridized carbons (Fsp3) is 0.308. The number of aryl methyl sites for hydroxylation is 1. The van der Waals surface area contributed by atoms with Gasteiger partial charge in [-0.1, -0.05) is 24.3 Å². The zero-order valence-electron chi connectivity index (χ0n) is 19.0. The van der Waals surface area contributed by atoms with Gasteiger partial charge in [0, 0.05) is 30.1 Å². The summed E-state index contributed by atoms with van der Waals surface area (Å²) in [5.74, 6) is 0.193. The van der Waals surface area contributed by atoms with Crippen molar-refractivity contribution in [3.8, 4) is 11.5 Å². The molecule has 1 atom stereocenters. The molecule has 6 nitrogen and oxygen atoms in total. The van der Waals surface area contributed by atoms with Gasteiger partial charge in [0.05, 0.1) is 18.7 Å². The molecule has 0 radical (unpaired) electrons. The van der Waals surface area contributed by atoms with Crippen molar-refractivity contribution < 1.29 is 23.1 Å². The molecule has 2 heterocycles. The third kappa shape index (κ3) is 4.83. The average Bonchev–Trinajstić information content (AvgIpc) is 3.38. The number of oxazole rings is 1. The van der Waals surface area contributed by atoms with E-state index >= 15 is 0 Å². The highest BCUT2D eigenvalue weighted by Crippen LogP contribution is 2.27. The lowest BCUT2D eigenvalue weighted by atomic mass is 10.0. The maximum Gasteiger partial charge on any atom is 0.335 e. The Kier molecular flexibility index (Phi) is 6.89. The summed E-state index contributed by atoms with van der Waals surface area (Å²) in [5, 5.41) is 1.03. The molecule has 7 heteroatoms. The Bertz CT molecular complexity index is 1260. The highest BCUT2D eigenvalue weighted by molar-refractivity contribution is 5.85. The smallest absolute Gasteiger partial charge is 0.335 e. The number of nitrogens with zero attached hydrogens (tertiary/aromatic N) is 2. The number of rotatable bonds is 9. The molecule has 0 saturated carbocycles. The van der Waals surface area contributed by atoms with Gasteiger partial charge in [-0.05, 0) is 50.6 Å². The Balaban J connectivity index is 1.61. The fourth-order valence-electron chi connectivity index (χ4n) is 3.94. The van der Waals surface area contributed by atoms with E-state index in [2.05, 4.69) is 9.55 Å². The molecule has 0 aliphatic carbocycles. The molecule has 172 valence electrons. The Morgan fingerprint density at radius 3 is 2.70 bits per heavy atom. The summed E-state index contributed by atoms with van der Waals surface area (Å²) in [4.78, 5) is 16.9. The highest BCUT2D eigenvalue weighted by atomic mass is 19.1. The summed E-state index contributed by atoms with van der Waals surface area (Å²) in [5.41, 5.74) is 3.07. The summed E-state index contributed by atoms with van der Waals surface area (Å²) in [6, 6.07) is 14.4. The van der Waals surface area contributed by atoms with Crippen LogP contribution in [0.1, 0.15) is 30.9 Å². The van der Waals surface area contributed by atoms with Gasteiger partial charge in [-0.15, -0.1) is 0 Å². The molecule has 0 N–H and O–H groups in total. The van der Waals surface area contributed by atoms with Gasteiger partial charge in [0.15, 0.2) is 6.10 Å². The van der Waals surface area contributed by atoms with Gasteiger partial charge < -0.3 is 18.5 Å². The van der Waals surface area contributed by atoms with Crippen molar-refractivity contribution in [2.24, 2.45) is 0 Å². The molecule has 0 spiro atoms. The normalized spacial score (nSPS) is 12.2. The Labute approximate surface area is 191 Å². The Morgan fingerprint density at radius 2 is 1.94 bits per heavy atom. The second-order valence-electron chi connectivity index (χ2n) is 7.70. The molecule has 1 unspecified atom stereocenters. The lowest BCUT2D eigenvalue weighted by Crippen LogP contribution is -2.29. The van der Waals surface area contributed by atoms with Crippen molar-refractivity contribution in [1.29, 1.82) is 0 Å². The molecular formula is C26H27FN2O4. The van der Waals surface area contributed by atoms with Gasteiger partial charge in [0.1, 0.15) is 17.3 Å². The van der Waals surface area contributed by atoms with Crippen LogP contribution in [0.15, 0.2) is 59.1 Å². The molecule has 0 bridgehead atoms. The third-order valence-corrected chi connectivity index (χ3v) is 5.54. The molecule has 4 aromatic rings. The van der Waals surface area contributed by atoms with Gasteiger partial charge in [0.2, 0.25) is 5.89 Å². The summed E-state index contributed by atoms with van der Waals surface area (Å²) < 4.78 is 32.8. The van der Waals surface area contributed by atoms with E-state index in [0.29, 0.717) is 37.5 Å². The van der Waals surface area contributed by atoms with E-state index in [9.17, 15) is 9.18 Å². The number of hydrogen-bond donors (Lipinski definition) is 0. The van der Waals surface area contributed by atoms with Crippen molar-refractivity contribution in [3.63, 3.8) is 0 Å². The van der Waals surface area contributed by atoms with Gasteiger partial charge in [0.25, 0.3) is 0 Å². The molecule has 4 rings (SSSR count). The maximum atomic E-state index is 14.2. The summed E-state index contributed by atoms with van der Waals surface area (Å²) in [6.07, 6.45) is 1.75. The first-order valence-electron chi connectivity index (χ1n) is 11.1. The minimum absolute atomic E-state index is 0.270. The standard InChI is InChI=1S/C26H27FN2O4/c1-4-31-24(26(30)32-5-2)15-18-9-8-12-23-19(18)13-14-29(23)16-22-17(3)33-25(28-22)20-10-6-7-11-21(20)27/h6-14,24H,4-5,15-16H2,1-3H3. The minimum Gasteiger partial charge on any atom is -0.464 e. The number of esters is 1. The van der Waals surface area contributed by atoms with Gasteiger partial charge >= 0.3 is 5.97 Å². The van der Waals surface area contributed by atoms with Crippen molar-refractivity contribution >= 4 is 16.9 Å². The molecule has 0 amide bonds. The molecular weight excluding hydrogens is 423 g/mol. The van der Waals surface area contributed by atoms with E-state index in [0.717, 1.165) is 22.2 Å². The Hall–Kier alpha value is -3.45. The molecule has 2 aromatic heterocycles. The van der Waals surface area contributed by atoms with Gasteiger partial charge in [-0.2, -0.15) is 0 Å². The summed E-state index contributed by atoms with van der Waals surface area (Å²) >= 11 is 0. The van der Waals surface area contributed by atoms with Crippen molar-refractivity contribution in [3.05, 3.63) is 77.6 Å². The van der Waals surface area contributed by atoms with Crippen LogP contribution in [0.5, 0.6) is 0 Å². The van der Waals surface area contributed by atoms with Gasteiger partial charge in [-0.3, -0.25) is 0 Å². The lowest BCUT2D eigenvalue weighted by molar-refractivity contribution is -0.156. The van der Waals surface area contributed by atoms with Crippen molar-refractivity contribution in [2.45, 2.75) is 39.8 Å². The zero-order valence-corrected chi connectivity index (χ0v) is 19.0. The summed E-state index contributed by atoms with van der Waals surface area (Å²) in [6.45, 7) is 6.69. The first-order chi connectivity index (χ1) is 16.0. The predicted octanol–water partition coefficient (Wildman–Crippen LogP) is 5.30. The van der Waals surface area contributed by atoms with Crippen LogP contribution in [0.3, 0.4) is 0 Å². The average molecular weight is 451 g/mol. The number of aromatic nitrogens is 2. The second-order valence-corrected chi connectivity index (χ2v) is 7.70. The number of halogens is 1. The molecule has 0 aliphatic rings. The monoisotopic (exact) mass is 450 g/mol. The van der Waals surface area contributed by atoms with E-state index in [1.165, 1.54) is 6.07 Å². The quantitative estimate of drug-likeness (QED) is 0.324. The molecule has 0 fully saturated rings. The first kappa shape index (κ1) is 22.7. The molecule has 0 saturated heterocycles. The van der Waals surface area contributed by atoms with Crippen LogP contribution in [0.4, 0.5) is 4.39 Å². The van der Waals surface area contributed by atoms with Crippen LogP contribution in [0, 0.1) is 12.7 Å². The number of ether oxygens (including phenoxy) is 2. The van der Waals surface area contributed by atoms with Crippen LogP contribution in [0.2, 0.25) is 0 Å². The first-order valence-corrected chi connectivity index (χ1v) is 11.1. The maximum absolute atomic E-state index is 14.2. The van der Waals surface area contributed by atoms with E-state index < -0.39 is 6.10 Å². The number of hydrogen-bond acceptors (Lipinski definition) is 5. The van der Waals surface area contributed by atoms with E-state index in [1.54, 1.807) is 25.1 Å². The van der Waals surface area contributed by atoms with Gasteiger partial charge in [-0.25, -0.2) is 14.2 Å². The molecule has 2 aromatic carbocycles. The number of fused-ring (bicyclic) bond motifs is 1. The van der Waals surface area contributed by atoms with Crippen LogP contribution in [0.25, 0.3) is 22.4 Å². The van der Waals surface area contributed by atoms with Crippen LogP contribution in [-0.2, 0) is 27.2 Å². The largest absolute Gasteiger partial charge is 0.464 e. The molecule has 0 aliphatic heterocycles. The fourth-order valence-corrected chi connectivity index (χ4v) is 3.94. The minimum atomic E-state index is -0.648. The summed E-state index contributed by atoms with van der Waals surface area (Å²) in [7, 11) is 0. The van der Waals surface area contributed by atoms with E-state index in [-0.39, 0.29) is 17.7 Å². The van der Waals surface area contributed by atoms with Crippen LogP contribution < -0.4 is 0 Å². The van der Waals surface area contributed by atoms with Crippen LogP contribution in [-0.4, -0.2) is 34.8 Å². The SMILES string of the molecule is CCOC(=O)C(Cc1cccc2c1ccn2Cc1nc(-c2ccccc2F)oc1C)OCC. The zero-order chi connectivity index (χ0) is 23.4. The second kappa shape index (κ2) is 10.0. The molecule has 33 heavy (non-hydrogen) atoms. The highest BCUT2D eigenvalue weighted by Gasteiger charge is 2.22. The number of carbonyl (C=O) groups is 1. The van der Waals surface area contributed by atoms with E-state index in [1.807, 2.05) is 44.3 Å². The predicted molar refractivity (Wildman–Crippen MR) is 123 cm³/mol. The Morgan fingerprint density at radius 1 is 1.12 bits per heavy atom. The van der Waals surface area contributed by atoms with Crippen molar-refractivity contribution in [2.75, 3.05) is 13.2 Å². The van der Waals surface area contributed by atoms with Crippen molar-refractivity contribution in [1.82, 2.24) is 9.55 Å². The lowest BCUT2D eigenvalue weighted by Gasteiger charge is -2.16. The van der Waals surface area contributed by atoms with E-state index in [4.69, 9.17) is 13.9 Å².